The summed E-state index contributed by atoms with van der Waals surface area (Å²) in [6.07, 6.45) is 4.04. The Morgan fingerprint density at radius 3 is 2.76 bits per heavy atom. The Hall–Kier alpha value is -0.670. The molecule has 1 saturated heterocycles. The first kappa shape index (κ1) is 12.8. The Morgan fingerprint density at radius 2 is 2.12 bits per heavy atom. The van der Waals surface area contributed by atoms with Gasteiger partial charge in [-0.2, -0.15) is 0 Å². The first-order chi connectivity index (χ1) is 8.38. The summed E-state index contributed by atoms with van der Waals surface area (Å²) in [5.41, 5.74) is 0. The normalized spacial score (nSPS) is 20.2. The van der Waals surface area contributed by atoms with Gasteiger partial charge in [0.25, 0.3) is 0 Å². The minimum Gasteiger partial charge on any atom is -0.494 e. The summed E-state index contributed by atoms with van der Waals surface area (Å²) >= 11 is 1.94. The molecular formula is C14H21NOS. The molecule has 94 valence electrons. The van der Waals surface area contributed by atoms with Gasteiger partial charge in [0.1, 0.15) is 5.75 Å². The van der Waals surface area contributed by atoms with Crippen LogP contribution >= 0.6 is 11.8 Å². The average molecular weight is 251 g/mol. The van der Waals surface area contributed by atoms with Gasteiger partial charge in [-0.3, -0.25) is 0 Å². The predicted octanol–water partition coefficient (Wildman–Crippen LogP) is 3.32. The van der Waals surface area contributed by atoms with Crippen LogP contribution in [0, 0.1) is 0 Å². The van der Waals surface area contributed by atoms with Crippen LogP contribution in [0.2, 0.25) is 0 Å². The van der Waals surface area contributed by atoms with Crippen LogP contribution in [0.3, 0.4) is 0 Å². The van der Waals surface area contributed by atoms with Gasteiger partial charge in [-0.25, -0.2) is 0 Å². The van der Waals surface area contributed by atoms with Crippen LogP contribution < -0.4 is 10.1 Å². The second-order valence-electron chi connectivity index (χ2n) is 4.36. The second kappa shape index (κ2) is 6.92. The van der Waals surface area contributed by atoms with Crippen molar-refractivity contribution < 1.29 is 4.74 Å². The molecule has 1 aliphatic heterocycles. The van der Waals surface area contributed by atoms with Crippen LogP contribution in [0.5, 0.6) is 5.75 Å². The number of benzene rings is 1. The lowest BCUT2D eigenvalue weighted by Gasteiger charge is -2.22. The Labute approximate surface area is 108 Å². The molecule has 2 nitrogen and oxygen atoms in total. The Bertz CT molecular complexity index is 319. The monoisotopic (exact) mass is 251 g/mol. The number of piperidine rings is 1. The van der Waals surface area contributed by atoms with Crippen LogP contribution in [0.4, 0.5) is 0 Å². The third-order valence-corrected chi connectivity index (χ3v) is 4.17. The standard InChI is InChI=1S/C14H21NOS/c1-2-16-13-6-8-14(9-7-13)17-11-12-5-3-4-10-15-12/h6-9,12,15H,2-5,10-11H2,1H3. The average Bonchev–Trinajstić information content (AvgIpc) is 2.40. The molecule has 0 aliphatic carbocycles. The van der Waals surface area contributed by atoms with E-state index in [1.807, 2.05) is 18.7 Å². The van der Waals surface area contributed by atoms with Crippen molar-refractivity contribution in [1.29, 1.82) is 0 Å². The van der Waals surface area contributed by atoms with Crippen molar-refractivity contribution in [2.75, 3.05) is 18.9 Å². The van der Waals surface area contributed by atoms with Crippen molar-refractivity contribution in [3.63, 3.8) is 0 Å². The SMILES string of the molecule is CCOc1ccc(SCC2CCCCN2)cc1. The molecule has 1 fully saturated rings. The second-order valence-corrected chi connectivity index (χ2v) is 5.46. The molecule has 2 rings (SSSR count). The highest BCUT2D eigenvalue weighted by Crippen LogP contribution is 2.23. The van der Waals surface area contributed by atoms with E-state index in [1.165, 1.54) is 36.5 Å². The fourth-order valence-electron chi connectivity index (χ4n) is 2.06. The molecule has 1 unspecified atom stereocenters. The fraction of sp³-hybridized carbons (Fsp3) is 0.571. The summed E-state index contributed by atoms with van der Waals surface area (Å²) in [6.45, 7) is 3.93. The van der Waals surface area contributed by atoms with E-state index in [2.05, 4.69) is 29.6 Å². The number of ether oxygens (including phenoxy) is 1. The molecule has 0 aromatic heterocycles. The Morgan fingerprint density at radius 1 is 1.29 bits per heavy atom. The topological polar surface area (TPSA) is 21.3 Å². The van der Waals surface area contributed by atoms with Crippen molar-refractivity contribution in [1.82, 2.24) is 5.32 Å². The molecule has 0 spiro atoms. The minimum atomic E-state index is 0.695. The molecule has 1 aromatic rings. The van der Waals surface area contributed by atoms with Crippen molar-refractivity contribution in [3.8, 4) is 5.75 Å². The number of thioether (sulfide) groups is 1. The number of hydrogen-bond acceptors (Lipinski definition) is 3. The largest absolute Gasteiger partial charge is 0.494 e. The van der Waals surface area contributed by atoms with E-state index >= 15 is 0 Å². The Kier molecular flexibility index (Phi) is 5.20. The highest BCUT2D eigenvalue weighted by Gasteiger charge is 2.12. The van der Waals surface area contributed by atoms with E-state index < -0.39 is 0 Å². The molecule has 1 N–H and O–H groups in total. The van der Waals surface area contributed by atoms with Gasteiger partial charge >= 0.3 is 0 Å². The van der Waals surface area contributed by atoms with Crippen molar-refractivity contribution in [3.05, 3.63) is 24.3 Å². The summed E-state index contributed by atoms with van der Waals surface area (Å²) in [7, 11) is 0. The summed E-state index contributed by atoms with van der Waals surface area (Å²) in [5, 5.41) is 3.58. The molecule has 1 aliphatic rings. The van der Waals surface area contributed by atoms with Crippen molar-refractivity contribution >= 4 is 11.8 Å². The third-order valence-electron chi connectivity index (χ3n) is 3.00. The first-order valence-corrected chi connectivity index (χ1v) is 7.46. The van der Waals surface area contributed by atoms with Gasteiger partial charge in [0.15, 0.2) is 0 Å². The lowest BCUT2D eigenvalue weighted by Crippen LogP contribution is -2.35. The van der Waals surface area contributed by atoms with Gasteiger partial charge < -0.3 is 10.1 Å². The van der Waals surface area contributed by atoms with E-state index in [-0.39, 0.29) is 0 Å². The van der Waals surface area contributed by atoms with Crippen molar-refractivity contribution in [2.45, 2.75) is 37.1 Å². The zero-order valence-electron chi connectivity index (χ0n) is 10.4. The molecule has 1 aromatic carbocycles. The number of rotatable bonds is 5. The zero-order chi connectivity index (χ0) is 11.9. The molecule has 3 heteroatoms. The summed E-state index contributed by atoms with van der Waals surface area (Å²) < 4.78 is 5.43. The number of nitrogens with one attached hydrogen (secondary N) is 1. The quantitative estimate of drug-likeness (QED) is 0.811. The molecule has 1 atom stereocenters. The van der Waals surface area contributed by atoms with Gasteiger partial charge in [0.05, 0.1) is 6.61 Å². The van der Waals surface area contributed by atoms with Gasteiger partial charge in [-0.05, 0) is 50.6 Å². The van der Waals surface area contributed by atoms with E-state index in [1.54, 1.807) is 0 Å². The minimum absolute atomic E-state index is 0.695. The Balaban J connectivity index is 1.77. The number of hydrogen-bond donors (Lipinski definition) is 1. The van der Waals surface area contributed by atoms with E-state index in [9.17, 15) is 0 Å². The third kappa shape index (κ3) is 4.25. The highest BCUT2D eigenvalue weighted by molar-refractivity contribution is 7.99. The molecule has 1 heterocycles. The predicted molar refractivity (Wildman–Crippen MR) is 74.0 cm³/mol. The molecular weight excluding hydrogens is 230 g/mol. The smallest absolute Gasteiger partial charge is 0.119 e. The van der Waals surface area contributed by atoms with E-state index in [4.69, 9.17) is 4.74 Å². The molecule has 0 radical (unpaired) electrons. The summed E-state index contributed by atoms with van der Waals surface area (Å²) in [6, 6.07) is 9.11. The molecule has 0 amide bonds. The molecule has 17 heavy (non-hydrogen) atoms. The summed E-state index contributed by atoms with van der Waals surface area (Å²) in [5.74, 6) is 2.14. The van der Waals surface area contributed by atoms with E-state index in [0.717, 1.165) is 12.4 Å². The zero-order valence-corrected chi connectivity index (χ0v) is 11.3. The maximum absolute atomic E-state index is 5.43. The maximum Gasteiger partial charge on any atom is 0.119 e. The van der Waals surface area contributed by atoms with Gasteiger partial charge in [0.2, 0.25) is 0 Å². The van der Waals surface area contributed by atoms with E-state index in [0.29, 0.717) is 6.04 Å². The van der Waals surface area contributed by atoms with Crippen LogP contribution in [0.15, 0.2) is 29.2 Å². The first-order valence-electron chi connectivity index (χ1n) is 6.47. The van der Waals surface area contributed by atoms with Crippen LogP contribution in [0.1, 0.15) is 26.2 Å². The summed E-state index contributed by atoms with van der Waals surface area (Å²) in [4.78, 5) is 1.33. The van der Waals surface area contributed by atoms with Gasteiger partial charge in [0, 0.05) is 16.7 Å². The lowest BCUT2D eigenvalue weighted by molar-refractivity contribution is 0.340. The van der Waals surface area contributed by atoms with Crippen molar-refractivity contribution in [2.24, 2.45) is 0 Å². The van der Waals surface area contributed by atoms with Crippen LogP contribution in [0.25, 0.3) is 0 Å². The van der Waals surface area contributed by atoms with Gasteiger partial charge in [-0.1, -0.05) is 6.42 Å². The van der Waals surface area contributed by atoms with Crippen LogP contribution in [-0.4, -0.2) is 24.9 Å². The maximum atomic E-state index is 5.43. The lowest BCUT2D eigenvalue weighted by atomic mass is 10.1. The van der Waals surface area contributed by atoms with Crippen LogP contribution in [-0.2, 0) is 0 Å². The molecule has 0 bridgehead atoms. The molecule has 0 saturated carbocycles. The highest BCUT2D eigenvalue weighted by atomic mass is 32.2. The van der Waals surface area contributed by atoms with Gasteiger partial charge in [-0.15, -0.1) is 11.8 Å². The fourth-order valence-corrected chi connectivity index (χ4v) is 3.07.